The summed E-state index contributed by atoms with van der Waals surface area (Å²) in [5.41, 5.74) is 0.584. The van der Waals surface area contributed by atoms with Gasteiger partial charge in [-0.25, -0.2) is 13.6 Å². The van der Waals surface area contributed by atoms with Crippen LogP contribution >= 0.6 is 0 Å². The number of benzene rings is 1. The highest BCUT2D eigenvalue weighted by Crippen LogP contribution is 2.30. The van der Waals surface area contributed by atoms with Crippen LogP contribution < -0.4 is 4.74 Å². The Bertz CT molecular complexity index is 1030. The van der Waals surface area contributed by atoms with Crippen molar-refractivity contribution in [2.45, 2.75) is 58.8 Å². The van der Waals surface area contributed by atoms with Crippen molar-refractivity contribution >= 4 is 6.09 Å². The number of amides is 1. The van der Waals surface area contributed by atoms with Crippen molar-refractivity contribution in [3.8, 4) is 17.6 Å². The molecule has 2 aromatic rings. The number of nitrogens with zero attached hydrogens (tertiary/aromatic N) is 3. The van der Waals surface area contributed by atoms with Crippen LogP contribution in [0.2, 0.25) is 0 Å². The molecule has 0 spiro atoms. The maximum absolute atomic E-state index is 14.1. The first-order valence-electron chi connectivity index (χ1n) is 9.64. The molecule has 2 atom stereocenters. The first-order chi connectivity index (χ1) is 14.0. The molecular formula is C22H25F2N3O3. The zero-order valence-electron chi connectivity index (χ0n) is 17.9. The van der Waals surface area contributed by atoms with E-state index in [9.17, 15) is 13.6 Å². The van der Waals surface area contributed by atoms with Crippen LogP contribution in [-0.2, 0) is 11.3 Å². The van der Waals surface area contributed by atoms with Gasteiger partial charge in [-0.05, 0) is 46.6 Å². The molecular weight excluding hydrogens is 392 g/mol. The summed E-state index contributed by atoms with van der Waals surface area (Å²) in [6, 6.07) is 3.19. The maximum Gasteiger partial charge on any atom is 0.411 e. The summed E-state index contributed by atoms with van der Waals surface area (Å²) in [6.45, 7) is 9.78. The molecule has 0 saturated carbocycles. The van der Waals surface area contributed by atoms with E-state index in [0.29, 0.717) is 12.2 Å². The molecule has 0 N–H and O–H groups in total. The lowest BCUT2D eigenvalue weighted by atomic mass is 10.1. The highest BCUT2D eigenvalue weighted by atomic mass is 19.1. The van der Waals surface area contributed by atoms with Crippen molar-refractivity contribution in [3.05, 3.63) is 46.8 Å². The van der Waals surface area contributed by atoms with Crippen LogP contribution in [0, 0.1) is 23.5 Å². The lowest BCUT2D eigenvalue weighted by Crippen LogP contribution is -2.48. The van der Waals surface area contributed by atoms with Crippen LogP contribution in [-0.4, -0.2) is 39.5 Å². The van der Waals surface area contributed by atoms with Gasteiger partial charge in [-0.1, -0.05) is 5.92 Å². The zero-order chi connectivity index (χ0) is 22.2. The summed E-state index contributed by atoms with van der Waals surface area (Å²) in [6.07, 6.45) is -0.388. The molecule has 1 aromatic carbocycles. The number of methoxy groups -OCH3 is 1. The van der Waals surface area contributed by atoms with Gasteiger partial charge in [-0.2, -0.15) is 5.10 Å². The van der Waals surface area contributed by atoms with Crippen LogP contribution in [0.15, 0.2) is 18.2 Å². The Morgan fingerprint density at radius 2 is 1.90 bits per heavy atom. The van der Waals surface area contributed by atoms with Gasteiger partial charge in [0, 0.05) is 12.1 Å². The first kappa shape index (κ1) is 21.6. The molecule has 6 nitrogen and oxygen atoms in total. The summed E-state index contributed by atoms with van der Waals surface area (Å²) in [4.78, 5) is 14.3. The van der Waals surface area contributed by atoms with E-state index < -0.39 is 17.2 Å². The number of aromatic nitrogens is 2. The molecule has 1 aromatic heterocycles. The summed E-state index contributed by atoms with van der Waals surface area (Å²) in [5, 5.41) is 4.46. The van der Waals surface area contributed by atoms with Crippen molar-refractivity contribution < 1.29 is 23.0 Å². The van der Waals surface area contributed by atoms with E-state index in [-0.39, 0.29) is 29.5 Å². The third kappa shape index (κ3) is 4.40. The quantitative estimate of drug-likeness (QED) is 0.651. The van der Waals surface area contributed by atoms with Gasteiger partial charge < -0.3 is 9.47 Å². The van der Waals surface area contributed by atoms with E-state index in [1.165, 1.54) is 7.11 Å². The van der Waals surface area contributed by atoms with Gasteiger partial charge in [0.25, 0.3) is 0 Å². The van der Waals surface area contributed by atoms with Crippen LogP contribution in [0.3, 0.4) is 0 Å². The fourth-order valence-corrected chi connectivity index (χ4v) is 3.45. The van der Waals surface area contributed by atoms with E-state index in [2.05, 4.69) is 16.9 Å². The van der Waals surface area contributed by atoms with Crippen LogP contribution in [0.5, 0.6) is 5.75 Å². The molecule has 160 valence electrons. The van der Waals surface area contributed by atoms with E-state index in [1.54, 1.807) is 15.6 Å². The molecule has 2 heterocycles. The predicted molar refractivity (Wildman–Crippen MR) is 107 cm³/mol. The van der Waals surface area contributed by atoms with E-state index in [0.717, 1.165) is 17.8 Å². The van der Waals surface area contributed by atoms with Crippen molar-refractivity contribution in [1.82, 2.24) is 14.7 Å². The van der Waals surface area contributed by atoms with Gasteiger partial charge in [0.05, 0.1) is 31.4 Å². The standard InChI is InChI=1S/C22H25F2N3O3/c1-13-12-26-19(14(2)27(13)21(28)30-22(3,4)5)11-16(25-26)7-8-17-18(24)9-15(23)10-20(17)29-6/h9-11,13-14H,12H2,1-6H3/t13-,14-/m1/s1. The molecule has 0 unspecified atom stereocenters. The topological polar surface area (TPSA) is 56.6 Å². The van der Waals surface area contributed by atoms with Crippen molar-refractivity contribution in [3.63, 3.8) is 0 Å². The van der Waals surface area contributed by atoms with Gasteiger partial charge in [0.15, 0.2) is 0 Å². The lowest BCUT2D eigenvalue weighted by molar-refractivity contribution is -0.000308. The minimum Gasteiger partial charge on any atom is -0.495 e. The SMILES string of the molecule is COc1cc(F)cc(F)c1C#Cc1cc2n(n1)C[C@@H](C)N(C(=O)OC(C)(C)C)[C@@H]2C. The van der Waals surface area contributed by atoms with Crippen molar-refractivity contribution in [2.75, 3.05) is 7.11 Å². The number of carbonyl (C=O) groups excluding carboxylic acids is 1. The maximum atomic E-state index is 14.1. The fraction of sp³-hybridized carbons (Fsp3) is 0.455. The second-order valence-electron chi connectivity index (χ2n) is 8.26. The zero-order valence-corrected chi connectivity index (χ0v) is 17.9. The Morgan fingerprint density at radius 1 is 1.20 bits per heavy atom. The number of rotatable bonds is 1. The van der Waals surface area contributed by atoms with Crippen LogP contribution in [0.1, 0.15) is 57.6 Å². The third-order valence-corrected chi connectivity index (χ3v) is 4.73. The first-order valence-corrected chi connectivity index (χ1v) is 9.64. The molecule has 8 heteroatoms. The number of hydrogen-bond donors (Lipinski definition) is 0. The van der Waals surface area contributed by atoms with E-state index >= 15 is 0 Å². The van der Waals surface area contributed by atoms with Gasteiger partial charge in [-0.15, -0.1) is 0 Å². The second kappa shape index (κ2) is 7.98. The molecule has 0 fully saturated rings. The summed E-state index contributed by atoms with van der Waals surface area (Å²) < 4.78 is 39.8. The smallest absolute Gasteiger partial charge is 0.411 e. The highest BCUT2D eigenvalue weighted by molar-refractivity contribution is 5.69. The van der Waals surface area contributed by atoms with Crippen LogP contribution in [0.25, 0.3) is 0 Å². The molecule has 0 radical (unpaired) electrons. The molecule has 30 heavy (non-hydrogen) atoms. The Kier molecular flexibility index (Phi) is 5.75. The minimum atomic E-state index is -0.804. The van der Waals surface area contributed by atoms with Gasteiger partial charge in [0.1, 0.15) is 34.2 Å². The third-order valence-electron chi connectivity index (χ3n) is 4.73. The molecule has 3 rings (SSSR count). The minimum absolute atomic E-state index is 0.0158. The Hall–Kier alpha value is -3.08. The van der Waals surface area contributed by atoms with Gasteiger partial charge in [-0.3, -0.25) is 9.58 Å². The summed E-state index contributed by atoms with van der Waals surface area (Å²) >= 11 is 0. The second-order valence-corrected chi connectivity index (χ2v) is 8.26. The molecule has 0 bridgehead atoms. The lowest BCUT2D eigenvalue weighted by Gasteiger charge is -2.39. The normalized spacial score (nSPS) is 18.3. The number of fused-ring (bicyclic) bond motifs is 1. The molecule has 1 aliphatic rings. The Morgan fingerprint density at radius 3 is 2.53 bits per heavy atom. The van der Waals surface area contributed by atoms with Crippen molar-refractivity contribution in [1.29, 1.82) is 0 Å². The number of halogens is 2. The largest absolute Gasteiger partial charge is 0.495 e. The molecule has 1 amide bonds. The van der Waals surface area contributed by atoms with Gasteiger partial charge >= 0.3 is 6.09 Å². The fourth-order valence-electron chi connectivity index (χ4n) is 3.45. The number of carbonyl (C=O) groups is 1. The Labute approximate surface area is 174 Å². The monoisotopic (exact) mass is 417 g/mol. The van der Waals surface area contributed by atoms with Crippen LogP contribution in [0.4, 0.5) is 13.6 Å². The summed E-state index contributed by atoms with van der Waals surface area (Å²) in [7, 11) is 1.32. The molecule has 0 saturated heterocycles. The number of ether oxygens (including phenoxy) is 2. The van der Waals surface area contributed by atoms with Gasteiger partial charge in [0.2, 0.25) is 0 Å². The Balaban J connectivity index is 1.90. The molecule has 1 aliphatic heterocycles. The molecule has 0 aliphatic carbocycles. The highest BCUT2D eigenvalue weighted by Gasteiger charge is 2.36. The van der Waals surface area contributed by atoms with Crippen molar-refractivity contribution in [2.24, 2.45) is 0 Å². The van der Waals surface area contributed by atoms with E-state index in [1.807, 2.05) is 34.6 Å². The average molecular weight is 417 g/mol. The predicted octanol–water partition coefficient (Wildman–Crippen LogP) is 4.27. The summed E-state index contributed by atoms with van der Waals surface area (Å²) in [5.74, 6) is 3.96. The number of hydrogen-bond acceptors (Lipinski definition) is 4. The average Bonchev–Trinajstić information content (AvgIpc) is 3.01. The van der Waals surface area contributed by atoms with E-state index in [4.69, 9.17) is 9.47 Å².